The summed E-state index contributed by atoms with van der Waals surface area (Å²) in [7, 11) is 0. The summed E-state index contributed by atoms with van der Waals surface area (Å²) in [4.78, 5) is 20.3. The molecule has 4 nitrogen and oxygen atoms in total. The Kier molecular flexibility index (Phi) is 6.88. The van der Waals surface area contributed by atoms with E-state index in [9.17, 15) is 4.79 Å². The molecule has 1 aromatic carbocycles. The van der Waals surface area contributed by atoms with Gasteiger partial charge >= 0.3 is 0 Å². The Labute approximate surface area is 190 Å². The van der Waals surface area contributed by atoms with Crippen molar-refractivity contribution in [2.75, 3.05) is 18.0 Å². The first-order valence-corrected chi connectivity index (χ1v) is 12.6. The average Bonchev–Trinajstić information content (AvgIpc) is 3.04. The highest BCUT2D eigenvalue weighted by Gasteiger charge is 2.54. The lowest BCUT2D eigenvalue weighted by Gasteiger charge is -2.48. The second-order valence-corrected chi connectivity index (χ2v) is 10.2. The highest BCUT2D eigenvalue weighted by molar-refractivity contribution is 9.11. The molecule has 4 rings (SSSR count). The van der Waals surface area contributed by atoms with E-state index in [4.69, 9.17) is 0 Å². The zero-order valence-electron chi connectivity index (χ0n) is 18.4. The highest BCUT2D eigenvalue weighted by atomic mass is 79.9. The molecule has 0 aromatic heterocycles. The van der Waals surface area contributed by atoms with Crippen LogP contribution in [0.3, 0.4) is 0 Å². The predicted octanol–water partition coefficient (Wildman–Crippen LogP) is 5.30. The van der Waals surface area contributed by atoms with Crippen LogP contribution in [0, 0.1) is 11.8 Å². The molecule has 30 heavy (non-hydrogen) atoms. The molecule has 2 heterocycles. The van der Waals surface area contributed by atoms with Gasteiger partial charge in [0.1, 0.15) is 11.7 Å². The summed E-state index contributed by atoms with van der Waals surface area (Å²) >= 11 is 3.38. The molecule has 1 N–H and O–H groups in total. The van der Waals surface area contributed by atoms with Crippen molar-refractivity contribution < 1.29 is 4.79 Å². The van der Waals surface area contributed by atoms with Crippen molar-refractivity contribution in [3.05, 3.63) is 41.4 Å². The maximum Gasteiger partial charge on any atom is 0.247 e. The van der Waals surface area contributed by atoms with E-state index in [1.54, 1.807) is 0 Å². The number of hydrogen-bond acceptors (Lipinski definition) is 3. The third-order valence-corrected chi connectivity index (χ3v) is 8.18. The number of anilines is 1. The highest BCUT2D eigenvalue weighted by Crippen LogP contribution is 2.41. The van der Waals surface area contributed by atoms with Crippen molar-refractivity contribution in [2.45, 2.75) is 76.5 Å². The number of nitrogens with one attached hydrogen (secondary N) is 1. The van der Waals surface area contributed by atoms with Gasteiger partial charge in [-0.05, 0) is 67.5 Å². The van der Waals surface area contributed by atoms with E-state index in [2.05, 4.69) is 75.2 Å². The monoisotopic (exact) mass is 473 g/mol. The van der Waals surface area contributed by atoms with Crippen molar-refractivity contribution in [1.29, 1.82) is 0 Å². The van der Waals surface area contributed by atoms with Gasteiger partial charge in [0.2, 0.25) is 5.91 Å². The number of rotatable bonds is 5. The molecular formula is C25H36BrN3O. The van der Waals surface area contributed by atoms with Gasteiger partial charge in [-0.1, -0.05) is 54.1 Å². The van der Waals surface area contributed by atoms with Gasteiger partial charge in [0, 0.05) is 31.2 Å². The predicted molar refractivity (Wildman–Crippen MR) is 128 cm³/mol. The molecule has 2 saturated heterocycles. The van der Waals surface area contributed by atoms with Gasteiger partial charge in [0.05, 0.1) is 0 Å². The van der Waals surface area contributed by atoms with Gasteiger partial charge in [-0.2, -0.15) is 0 Å². The molecule has 5 heteroatoms. The van der Waals surface area contributed by atoms with Gasteiger partial charge in [0.25, 0.3) is 0 Å². The van der Waals surface area contributed by atoms with Crippen molar-refractivity contribution >= 4 is 27.5 Å². The van der Waals surface area contributed by atoms with Crippen LogP contribution in [0.1, 0.15) is 58.8 Å². The Hall–Kier alpha value is -1.33. The summed E-state index contributed by atoms with van der Waals surface area (Å²) in [6.07, 6.45) is 10.1. The van der Waals surface area contributed by atoms with Crippen LogP contribution >= 0.6 is 15.9 Å². The lowest BCUT2D eigenvalue weighted by molar-refractivity contribution is -0.125. The molecule has 1 atom stereocenters. The third kappa shape index (κ3) is 4.20. The van der Waals surface area contributed by atoms with Crippen LogP contribution in [0.2, 0.25) is 0 Å². The number of para-hydroxylation sites is 1. The molecule has 0 radical (unpaired) electrons. The molecule has 1 amide bonds. The van der Waals surface area contributed by atoms with Crippen LogP contribution in [-0.4, -0.2) is 41.6 Å². The fraction of sp³-hybridized carbons (Fsp3) is 0.640. The summed E-state index contributed by atoms with van der Waals surface area (Å²) in [5, 5.41) is 3.31. The van der Waals surface area contributed by atoms with Crippen LogP contribution in [0.15, 0.2) is 41.4 Å². The minimum absolute atomic E-state index is 0.0155. The maximum absolute atomic E-state index is 13.3. The molecule has 1 unspecified atom stereocenters. The van der Waals surface area contributed by atoms with Crippen molar-refractivity contribution in [3.8, 4) is 0 Å². The lowest BCUT2D eigenvalue weighted by Crippen LogP contribution is -2.59. The Morgan fingerprint density at radius 1 is 1.13 bits per heavy atom. The van der Waals surface area contributed by atoms with E-state index in [1.165, 1.54) is 25.7 Å². The van der Waals surface area contributed by atoms with Crippen molar-refractivity contribution in [2.24, 2.45) is 11.8 Å². The van der Waals surface area contributed by atoms with E-state index in [0.29, 0.717) is 6.04 Å². The number of carbonyl (C=O) groups is 1. The topological polar surface area (TPSA) is 35.6 Å². The van der Waals surface area contributed by atoms with Crippen LogP contribution in [0.5, 0.6) is 0 Å². The number of hydrogen-bond donors (Lipinski definition) is 1. The van der Waals surface area contributed by atoms with Crippen LogP contribution in [0.4, 0.5) is 5.69 Å². The normalized spacial score (nSPS) is 29.8. The fourth-order valence-electron chi connectivity index (χ4n) is 5.98. The van der Waals surface area contributed by atoms with Gasteiger partial charge in [-0.25, -0.2) is 0 Å². The standard InChI is InChI=1S/C25H36BrN3O/c1-19(2)20-10-12-21(13-11-20)28-17-14-25(15-18-28)24(30)27-23(9-6-16-26)29(25)22-7-4-3-5-8-22/h3-8,16,19-21,23H,9-15,17-18H2,1-2H3,(H,27,30). The minimum Gasteiger partial charge on any atom is -0.336 e. The maximum atomic E-state index is 13.3. The molecule has 1 aliphatic carbocycles. The molecule has 164 valence electrons. The number of halogens is 1. The van der Waals surface area contributed by atoms with Gasteiger partial charge < -0.3 is 15.1 Å². The first kappa shape index (κ1) is 21.9. The van der Waals surface area contributed by atoms with E-state index >= 15 is 0 Å². The number of likely N-dealkylation sites (tertiary alicyclic amines) is 1. The third-order valence-electron chi connectivity index (χ3n) is 7.80. The summed E-state index contributed by atoms with van der Waals surface area (Å²) in [5.74, 6) is 1.92. The second kappa shape index (κ2) is 9.44. The molecule has 2 aliphatic heterocycles. The quantitative estimate of drug-likeness (QED) is 0.630. The van der Waals surface area contributed by atoms with E-state index in [1.807, 2.05) is 11.1 Å². The zero-order chi connectivity index (χ0) is 21.1. The Bertz CT molecular complexity index is 734. The summed E-state index contributed by atoms with van der Waals surface area (Å²) < 4.78 is 0. The SMILES string of the molecule is CC(C)C1CCC(N2CCC3(CC2)C(=O)NC(CC=CBr)N3c2ccccc2)CC1. The number of carbonyl (C=O) groups excluding carboxylic acids is 1. The lowest BCUT2D eigenvalue weighted by atomic mass is 9.78. The number of piperidine rings is 1. The fourth-order valence-corrected chi connectivity index (χ4v) is 6.19. The Morgan fingerprint density at radius 3 is 2.40 bits per heavy atom. The summed E-state index contributed by atoms with van der Waals surface area (Å²) in [6.45, 7) is 6.78. The number of amides is 1. The Balaban J connectivity index is 1.48. The van der Waals surface area contributed by atoms with Crippen molar-refractivity contribution in [1.82, 2.24) is 10.2 Å². The van der Waals surface area contributed by atoms with Gasteiger partial charge in [-0.15, -0.1) is 0 Å². The van der Waals surface area contributed by atoms with E-state index < -0.39 is 5.54 Å². The zero-order valence-corrected chi connectivity index (χ0v) is 20.0. The second-order valence-electron chi connectivity index (χ2n) is 9.67. The minimum atomic E-state index is -0.419. The average molecular weight is 474 g/mol. The molecule has 1 spiro atoms. The van der Waals surface area contributed by atoms with Gasteiger partial charge in [-0.3, -0.25) is 4.79 Å². The van der Waals surface area contributed by atoms with E-state index in [-0.39, 0.29) is 12.1 Å². The first-order valence-electron chi connectivity index (χ1n) is 11.7. The first-order chi connectivity index (χ1) is 14.5. The van der Waals surface area contributed by atoms with E-state index in [0.717, 1.165) is 49.9 Å². The summed E-state index contributed by atoms with van der Waals surface area (Å²) in [5.41, 5.74) is 0.729. The molecule has 1 saturated carbocycles. The molecule has 1 aromatic rings. The molecule has 0 bridgehead atoms. The number of benzene rings is 1. The molecule has 3 fully saturated rings. The van der Waals surface area contributed by atoms with Crippen molar-refractivity contribution in [3.63, 3.8) is 0 Å². The van der Waals surface area contributed by atoms with Crippen LogP contribution < -0.4 is 10.2 Å². The van der Waals surface area contributed by atoms with Gasteiger partial charge in [0.15, 0.2) is 0 Å². The summed E-state index contributed by atoms with van der Waals surface area (Å²) in [6, 6.07) is 11.2. The smallest absolute Gasteiger partial charge is 0.247 e. The van der Waals surface area contributed by atoms with Crippen LogP contribution in [0.25, 0.3) is 0 Å². The Morgan fingerprint density at radius 2 is 1.80 bits per heavy atom. The largest absolute Gasteiger partial charge is 0.336 e. The molecule has 3 aliphatic rings. The molecular weight excluding hydrogens is 438 g/mol. The number of nitrogens with zero attached hydrogens (tertiary/aromatic N) is 2. The van der Waals surface area contributed by atoms with Crippen LogP contribution in [-0.2, 0) is 4.79 Å².